The number of carbonyl (C=O) groups is 1. The summed E-state index contributed by atoms with van der Waals surface area (Å²) in [5.41, 5.74) is 0.289. The molecule has 1 aromatic heterocycles. The molecule has 2 atom stereocenters. The van der Waals surface area contributed by atoms with Gasteiger partial charge in [0.05, 0.1) is 29.9 Å². The Morgan fingerprint density at radius 2 is 2.35 bits per heavy atom. The molecule has 0 radical (unpaired) electrons. The zero-order chi connectivity index (χ0) is 18.7. The second-order valence-electron chi connectivity index (χ2n) is 6.25. The monoisotopic (exact) mass is 382 g/mol. The fraction of sp³-hybridized carbons (Fsp3) is 0.444. The molecule has 2 heterocycles. The predicted molar refractivity (Wildman–Crippen MR) is 93.7 cm³/mol. The molecule has 0 aliphatic carbocycles. The Morgan fingerprint density at radius 1 is 1.54 bits per heavy atom. The number of benzene rings is 1. The first-order valence-corrected chi connectivity index (χ1v) is 8.76. The number of amides is 1. The first-order chi connectivity index (χ1) is 12.5. The summed E-state index contributed by atoms with van der Waals surface area (Å²) < 4.78 is 30.3. The molecule has 1 fully saturated rings. The van der Waals surface area contributed by atoms with Crippen molar-refractivity contribution in [2.75, 3.05) is 19.8 Å². The molecule has 2 aromatic rings. The van der Waals surface area contributed by atoms with Gasteiger partial charge in [-0.05, 0) is 32.4 Å². The zero-order valence-corrected chi connectivity index (χ0v) is 15.3. The van der Waals surface area contributed by atoms with E-state index < -0.39 is 11.7 Å². The lowest BCUT2D eigenvalue weighted by Crippen LogP contribution is -2.37. The van der Waals surface area contributed by atoms with Gasteiger partial charge < -0.3 is 19.3 Å². The molecule has 26 heavy (non-hydrogen) atoms. The number of ether oxygens (including phenoxy) is 2. The van der Waals surface area contributed by atoms with Crippen molar-refractivity contribution in [1.29, 1.82) is 0 Å². The minimum Gasteiger partial charge on any atom is -0.379 e. The van der Waals surface area contributed by atoms with Gasteiger partial charge in [0.25, 0.3) is 5.91 Å². The summed E-state index contributed by atoms with van der Waals surface area (Å²) in [6, 6.07) is 4.03. The summed E-state index contributed by atoms with van der Waals surface area (Å²) in [4.78, 5) is 12.7. The topological polar surface area (TPSA) is 73.6 Å². The average Bonchev–Trinajstić information content (AvgIpc) is 3.23. The van der Waals surface area contributed by atoms with Crippen molar-refractivity contribution in [1.82, 2.24) is 10.5 Å². The van der Waals surface area contributed by atoms with Crippen LogP contribution in [0, 0.1) is 12.7 Å². The Labute approximate surface area is 155 Å². The van der Waals surface area contributed by atoms with Gasteiger partial charge in [0, 0.05) is 12.6 Å². The van der Waals surface area contributed by atoms with Gasteiger partial charge in [0.2, 0.25) is 0 Å². The summed E-state index contributed by atoms with van der Waals surface area (Å²) in [6.07, 6.45) is 0.904. The van der Waals surface area contributed by atoms with E-state index in [-0.39, 0.29) is 39.7 Å². The molecule has 6 nitrogen and oxygen atoms in total. The SMILES string of the molecule is Cc1onc(-c2c(F)cccc2Cl)c1C(=O)NC(C)COC1CCOC1. The fourth-order valence-corrected chi connectivity index (χ4v) is 3.05. The number of hydrogen-bond donors (Lipinski definition) is 1. The van der Waals surface area contributed by atoms with E-state index in [4.69, 9.17) is 25.6 Å². The number of aryl methyl sites for hydroxylation is 1. The highest BCUT2D eigenvalue weighted by Gasteiger charge is 2.26. The van der Waals surface area contributed by atoms with E-state index in [1.54, 1.807) is 6.92 Å². The smallest absolute Gasteiger partial charge is 0.257 e. The first kappa shape index (κ1) is 18.8. The Morgan fingerprint density at radius 3 is 3.04 bits per heavy atom. The second-order valence-corrected chi connectivity index (χ2v) is 6.66. The molecule has 0 spiro atoms. The quantitative estimate of drug-likeness (QED) is 0.829. The van der Waals surface area contributed by atoms with E-state index in [1.165, 1.54) is 18.2 Å². The Balaban J connectivity index is 1.74. The van der Waals surface area contributed by atoms with Crippen molar-refractivity contribution in [2.24, 2.45) is 0 Å². The van der Waals surface area contributed by atoms with Gasteiger partial charge in [-0.1, -0.05) is 22.8 Å². The van der Waals surface area contributed by atoms with Crippen molar-refractivity contribution >= 4 is 17.5 Å². The summed E-state index contributed by atoms with van der Waals surface area (Å²) in [5, 5.41) is 6.82. The van der Waals surface area contributed by atoms with Crippen LogP contribution in [0.3, 0.4) is 0 Å². The fourth-order valence-electron chi connectivity index (χ4n) is 2.80. The van der Waals surface area contributed by atoms with Crippen LogP contribution in [-0.4, -0.2) is 43.0 Å². The van der Waals surface area contributed by atoms with E-state index in [2.05, 4.69) is 10.5 Å². The number of carbonyl (C=O) groups excluding carboxylic acids is 1. The molecule has 2 unspecified atom stereocenters. The highest BCUT2D eigenvalue weighted by molar-refractivity contribution is 6.33. The average molecular weight is 383 g/mol. The second kappa shape index (κ2) is 8.16. The number of nitrogens with one attached hydrogen (secondary N) is 1. The molecule has 3 rings (SSSR count). The van der Waals surface area contributed by atoms with E-state index in [9.17, 15) is 9.18 Å². The number of nitrogens with zero attached hydrogens (tertiary/aromatic N) is 1. The molecule has 0 bridgehead atoms. The highest BCUT2D eigenvalue weighted by atomic mass is 35.5. The largest absolute Gasteiger partial charge is 0.379 e. The summed E-state index contributed by atoms with van der Waals surface area (Å²) in [7, 11) is 0. The maximum absolute atomic E-state index is 14.2. The van der Waals surface area contributed by atoms with Crippen LogP contribution in [0.15, 0.2) is 22.7 Å². The molecule has 1 aliphatic rings. The summed E-state index contributed by atoms with van der Waals surface area (Å²) in [6.45, 7) is 5.03. The van der Waals surface area contributed by atoms with E-state index >= 15 is 0 Å². The van der Waals surface area contributed by atoms with Crippen LogP contribution in [0.5, 0.6) is 0 Å². The molecule has 0 saturated carbocycles. The van der Waals surface area contributed by atoms with Gasteiger partial charge in [0.1, 0.15) is 22.8 Å². The maximum Gasteiger partial charge on any atom is 0.257 e. The highest BCUT2D eigenvalue weighted by Crippen LogP contribution is 2.33. The van der Waals surface area contributed by atoms with Crippen molar-refractivity contribution in [3.05, 3.63) is 40.4 Å². The molecule has 1 aromatic carbocycles. The van der Waals surface area contributed by atoms with Gasteiger partial charge in [-0.25, -0.2) is 4.39 Å². The van der Waals surface area contributed by atoms with Crippen LogP contribution in [-0.2, 0) is 9.47 Å². The van der Waals surface area contributed by atoms with Gasteiger partial charge in [-0.3, -0.25) is 4.79 Å². The van der Waals surface area contributed by atoms with E-state index in [0.717, 1.165) is 6.42 Å². The van der Waals surface area contributed by atoms with Gasteiger partial charge >= 0.3 is 0 Å². The van der Waals surface area contributed by atoms with Crippen LogP contribution < -0.4 is 5.32 Å². The van der Waals surface area contributed by atoms with Crippen molar-refractivity contribution in [2.45, 2.75) is 32.4 Å². The number of rotatable bonds is 6. The Hall–Kier alpha value is -1.96. The molecule has 1 amide bonds. The summed E-state index contributed by atoms with van der Waals surface area (Å²) >= 11 is 6.09. The molecule has 8 heteroatoms. The Kier molecular flexibility index (Phi) is 5.90. The lowest BCUT2D eigenvalue weighted by atomic mass is 10.0. The minimum atomic E-state index is -0.572. The van der Waals surface area contributed by atoms with E-state index in [0.29, 0.717) is 19.8 Å². The minimum absolute atomic E-state index is 0.0446. The third-order valence-corrected chi connectivity index (χ3v) is 4.45. The Bertz CT molecular complexity index is 769. The lowest BCUT2D eigenvalue weighted by Gasteiger charge is -2.17. The number of halogens is 2. The van der Waals surface area contributed by atoms with Gasteiger partial charge in [-0.15, -0.1) is 0 Å². The van der Waals surface area contributed by atoms with Crippen molar-refractivity contribution in [3.8, 4) is 11.3 Å². The third kappa shape index (κ3) is 4.06. The van der Waals surface area contributed by atoms with Crippen LogP contribution >= 0.6 is 11.6 Å². The molecule has 1 N–H and O–H groups in total. The molecule has 1 aliphatic heterocycles. The maximum atomic E-state index is 14.2. The predicted octanol–water partition coefficient (Wildman–Crippen LogP) is 3.37. The van der Waals surface area contributed by atoms with Crippen LogP contribution in [0.1, 0.15) is 29.5 Å². The molecule has 1 saturated heterocycles. The first-order valence-electron chi connectivity index (χ1n) is 8.38. The normalized spacial score (nSPS) is 18.1. The number of aromatic nitrogens is 1. The van der Waals surface area contributed by atoms with Gasteiger partial charge in [-0.2, -0.15) is 0 Å². The van der Waals surface area contributed by atoms with Gasteiger partial charge in [0.15, 0.2) is 0 Å². The third-order valence-electron chi connectivity index (χ3n) is 4.14. The van der Waals surface area contributed by atoms with Crippen molar-refractivity contribution in [3.63, 3.8) is 0 Å². The zero-order valence-electron chi connectivity index (χ0n) is 14.6. The van der Waals surface area contributed by atoms with Crippen molar-refractivity contribution < 1.29 is 23.2 Å². The van der Waals surface area contributed by atoms with Crippen LogP contribution in [0.25, 0.3) is 11.3 Å². The van der Waals surface area contributed by atoms with Crippen LogP contribution in [0.2, 0.25) is 5.02 Å². The standard InChI is InChI=1S/C18H20ClFN2O4/c1-10(8-25-12-6-7-24-9-12)21-18(23)15-11(2)26-22-17(15)16-13(19)4-3-5-14(16)20/h3-5,10,12H,6-9H2,1-2H3,(H,21,23). The molecule has 140 valence electrons. The van der Waals surface area contributed by atoms with E-state index in [1.807, 2.05) is 6.92 Å². The summed E-state index contributed by atoms with van der Waals surface area (Å²) in [5.74, 6) is -0.705. The van der Waals surface area contributed by atoms with Crippen LogP contribution in [0.4, 0.5) is 4.39 Å². The molecular weight excluding hydrogens is 363 g/mol. The number of hydrogen-bond acceptors (Lipinski definition) is 5. The molecular formula is C18H20ClFN2O4. The lowest BCUT2D eigenvalue weighted by molar-refractivity contribution is 0.0318.